The number of nitrogens with zero attached hydrogens (tertiary/aromatic N) is 4. The van der Waals surface area contributed by atoms with Gasteiger partial charge in [-0.15, -0.1) is 12.8 Å². The molecule has 7 heteroatoms. The number of rotatable bonds is 10. The van der Waals surface area contributed by atoms with E-state index < -0.39 is 0 Å². The van der Waals surface area contributed by atoms with Gasteiger partial charge in [0, 0.05) is 45.5 Å². The van der Waals surface area contributed by atoms with E-state index in [1.54, 1.807) is 0 Å². The fraction of sp³-hybridized carbons (Fsp3) is 0. The van der Waals surface area contributed by atoms with Crippen molar-refractivity contribution in [1.29, 1.82) is 0 Å². The molecule has 7 nitrogen and oxygen atoms in total. The quantitative estimate of drug-likeness (QED) is 0.127. The molecule has 10 aromatic rings. The van der Waals surface area contributed by atoms with Gasteiger partial charge in [-0.3, -0.25) is 0 Å². The third-order valence-electron chi connectivity index (χ3n) is 10.3. The first-order chi connectivity index (χ1) is 31.0. The molecule has 0 amide bonds. The molecule has 2 aromatic heterocycles. The topological polar surface area (TPSA) is 79.2 Å². The molecule has 0 saturated heterocycles. The first kappa shape index (κ1) is 38.2. The Balaban J connectivity index is 0.914. The number of hydrogen-bond acceptors (Lipinski definition) is 7. The summed E-state index contributed by atoms with van der Waals surface area (Å²) in [6, 6.07) is 62.2. The third-order valence-corrected chi connectivity index (χ3v) is 10.3. The lowest BCUT2D eigenvalue weighted by atomic mass is 10.0. The SMILES string of the molecule is C#Cc1cccc(Oc2ccc3nc(-c4ccc(Oc5ccc(-c6nc7ccc(Oc8cccc(C#C)c8)cc7nc6-c6ccccc6)cc5)cc4)c(-c4ccccc4)nc3c2)c1. The van der Waals surface area contributed by atoms with Crippen LogP contribution in [-0.4, -0.2) is 19.9 Å². The zero-order valence-corrected chi connectivity index (χ0v) is 33.6. The van der Waals surface area contributed by atoms with Crippen LogP contribution in [0.4, 0.5) is 0 Å². The zero-order valence-electron chi connectivity index (χ0n) is 33.6. The fourth-order valence-electron chi connectivity index (χ4n) is 7.26. The molecule has 296 valence electrons. The smallest absolute Gasteiger partial charge is 0.129 e. The standard InChI is InChI=1S/C56H34N4O3/c1-3-37-13-11-19-45(33-37)62-47-29-31-49-51(35-47)59-53(39-15-7-5-8-16-39)55(57-49)41-21-25-43(26-22-41)61-44-27-23-42(24-28-44)56-54(40-17-9-6-10-18-40)60-52-36-48(30-32-50(52)58-56)63-46-20-12-14-38(4-2)34-46/h1-2,5-36H. The van der Waals surface area contributed by atoms with Gasteiger partial charge in [-0.2, -0.15) is 0 Å². The molecule has 8 aromatic carbocycles. The van der Waals surface area contributed by atoms with Gasteiger partial charge in [-0.25, -0.2) is 19.9 Å². The number of benzene rings is 8. The molecule has 0 radical (unpaired) electrons. The Hall–Kier alpha value is -9.04. The minimum atomic E-state index is 0.638. The molecule has 0 spiro atoms. The second-order valence-corrected chi connectivity index (χ2v) is 14.6. The highest BCUT2D eigenvalue weighted by atomic mass is 16.5. The van der Waals surface area contributed by atoms with Crippen molar-refractivity contribution < 1.29 is 14.2 Å². The van der Waals surface area contributed by atoms with Gasteiger partial charge in [0.25, 0.3) is 0 Å². The number of fused-ring (bicyclic) bond motifs is 2. The number of aromatic nitrogens is 4. The first-order valence-corrected chi connectivity index (χ1v) is 20.2. The summed E-state index contributed by atoms with van der Waals surface area (Å²) in [7, 11) is 0. The molecule has 0 aliphatic heterocycles. The molecule has 0 N–H and O–H groups in total. The summed E-state index contributed by atoms with van der Waals surface area (Å²) in [5, 5.41) is 0. The molecule has 63 heavy (non-hydrogen) atoms. The maximum absolute atomic E-state index is 6.36. The highest BCUT2D eigenvalue weighted by Gasteiger charge is 2.17. The van der Waals surface area contributed by atoms with Crippen molar-refractivity contribution in [1.82, 2.24) is 19.9 Å². The molecule has 10 rings (SSSR count). The average molecular weight is 811 g/mol. The molecule has 0 aliphatic rings. The van der Waals surface area contributed by atoms with Crippen LogP contribution in [0, 0.1) is 24.7 Å². The van der Waals surface area contributed by atoms with E-state index in [2.05, 4.69) is 11.8 Å². The van der Waals surface area contributed by atoms with E-state index in [0.717, 1.165) is 67.2 Å². The second-order valence-electron chi connectivity index (χ2n) is 14.6. The Morgan fingerprint density at radius 3 is 1.02 bits per heavy atom. The summed E-state index contributed by atoms with van der Waals surface area (Å²) in [5.41, 5.74) is 11.1. The highest BCUT2D eigenvalue weighted by Crippen LogP contribution is 2.37. The number of terminal acetylenes is 2. The highest BCUT2D eigenvalue weighted by molar-refractivity contribution is 5.88. The van der Waals surface area contributed by atoms with Crippen LogP contribution in [0.5, 0.6) is 34.5 Å². The summed E-state index contributed by atoms with van der Waals surface area (Å²) in [6.45, 7) is 0. The Labute approximate surface area is 364 Å². The van der Waals surface area contributed by atoms with Gasteiger partial charge in [0.15, 0.2) is 0 Å². The van der Waals surface area contributed by atoms with Crippen LogP contribution < -0.4 is 14.2 Å². The molecular weight excluding hydrogens is 777 g/mol. The summed E-state index contributed by atoms with van der Waals surface area (Å²) < 4.78 is 18.7. The zero-order chi connectivity index (χ0) is 42.5. The minimum Gasteiger partial charge on any atom is -0.457 e. The van der Waals surface area contributed by atoms with Crippen LogP contribution in [0.2, 0.25) is 0 Å². The van der Waals surface area contributed by atoms with E-state index >= 15 is 0 Å². The molecule has 0 atom stereocenters. The van der Waals surface area contributed by atoms with Crippen molar-refractivity contribution in [3.63, 3.8) is 0 Å². The van der Waals surface area contributed by atoms with Crippen molar-refractivity contribution >= 4 is 22.1 Å². The first-order valence-electron chi connectivity index (χ1n) is 20.2. The van der Waals surface area contributed by atoms with Crippen molar-refractivity contribution in [3.8, 4) is 104 Å². The van der Waals surface area contributed by atoms with Gasteiger partial charge in [0.1, 0.15) is 34.5 Å². The fourth-order valence-corrected chi connectivity index (χ4v) is 7.26. The van der Waals surface area contributed by atoms with Crippen molar-refractivity contribution in [2.24, 2.45) is 0 Å². The van der Waals surface area contributed by atoms with Crippen LogP contribution >= 0.6 is 0 Å². The van der Waals surface area contributed by atoms with E-state index in [1.165, 1.54) is 0 Å². The third kappa shape index (κ3) is 8.27. The maximum Gasteiger partial charge on any atom is 0.129 e. The van der Waals surface area contributed by atoms with Crippen LogP contribution in [0.3, 0.4) is 0 Å². The van der Waals surface area contributed by atoms with Crippen molar-refractivity contribution in [2.75, 3.05) is 0 Å². The minimum absolute atomic E-state index is 0.638. The number of hydrogen-bond donors (Lipinski definition) is 0. The van der Waals surface area contributed by atoms with Crippen LogP contribution in [0.15, 0.2) is 194 Å². The summed E-state index contributed by atoms with van der Waals surface area (Å²) >= 11 is 0. The second kappa shape index (κ2) is 16.9. The predicted molar refractivity (Wildman–Crippen MR) is 250 cm³/mol. The monoisotopic (exact) mass is 810 g/mol. The summed E-state index contributed by atoms with van der Waals surface area (Å²) in [6.07, 6.45) is 11.2. The van der Waals surface area contributed by atoms with Gasteiger partial charge in [0.2, 0.25) is 0 Å². The summed E-state index contributed by atoms with van der Waals surface area (Å²) in [5.74, 6) is 9.24. The maximum atomic E-state index is 6.36. The average Bonchev–Trinajstić information content (AvgIpc) is 3.34. The molecular formula is C56H34N4O3. The Morgan fingerprint density at radius 1 is 0.286 bits per heavy atom. The molecule has 0 fully saturated rings. The van der Waals surface area contributed by atoms with Crippen LogP contribution in [-0.2, 0) is 0 Å². The lowest BCUT2D eigenvalue weighted by Gasteiger charge is -2.13. The van der Waals surface area contributed by atoms with Crippen molar-refractivity contribution in [2.45, 2.75) is 0 Å². The van der Waals surface area contributed by atoms with E-state index in [9.17, 15) is 0 Å². The Morgan fingerprint density at radius 2 is 0.619 bits per heavy atom. The van der Waals surface area contributed by atoms with Gasteiger partial charge >= 0.3 is 0 Å². The lowest BCUT2D eigenvalue weighted by Crippen LogP contribution is -1.96. The van der Waals surface area contributed by atoms with Gasteiger partial charge in [-0.05, 0) is 109 Å². The molecule has 0 aliphatic carbocycles. The predicted octanol–water partition coefficient (Wildman–Crippen LogP) is 13.6. The molecule has 2 heterocycles. The van der Waals surface area contributed by atoms with Crippen molar-refractivity contribution in [3.05, 3.63) is 205 Å². The van der Waals surface area contributed by atoms with Gasteiger partial charge in [-0.1, -0.05) is 84.6 Å². The van der Waals surface area contributed by atoms with Crippen LogP contribution in [0.25, 0.3) is 67.1 Å². The number of ether oxygens (including phenoxy) is 3. The van der Waals surface area contributed by atoms with Crippen LogP contribution in [0.1, 0.15) is 11.1 Å². The Bertz CT molecular complexity index is 3150. The summed E-state index contributed by atoms with van der Waals surface area (Å²) in [4.78, 5) is 20.5. The Kier molecular flexibility index (Phi) is 10.2. The molecule has 0 saturated carbocycles. The normalized spacial score (nSPS) is 10.8. The van der Waals surface area contributed by atoms with E-state index in [4.69, 9.17) is 47.0 Å². The van der Waals surface area contributed by atoms with E-state index in [0.29, 0.717) is 45.5 Å². The molecule has 0 unspecified atom stereocenters. The lowest BCUT2D eigenvalue weighted by molar-refractivity contribution is 0.482. The largest absolute Gasteiger partial charge is 0.457 e. The van der Waals surface area contributed by atoms with Gasteiger partial charge < -0.3 is 14.2 Å². The van der Waals surface area contributed by atoms with Gasteiger partial charge in [0.05, 0.1) is 44.8 Å². The van der Waals surface area contributed by atoms with E-state index in [-0.39, 0.29) is 0 Å². The van der Waals surface area contributed by atoms with E-state index in [1.807, 2.05) is 194 Å². The molecule has 0 bridgehead atoms.